The van der Waals surface area contributed by atoms with Crippen LogP contribution in [0, 0.1) is 0 Å². The summed E-state index contributed by atoms with van der Waals surface area (Å²) in [7, 11) is 1.33. The summed E-state index contributed by atoms with van der Waals surface area (Å²) >= 11 is 0. The van der Waals surface area contributed by atoms with Gasteiger partial charge in [-0.3, -0.25) is 0 Å². The lowest BCUT2D eigenvalue weighted by atomic mass is 10.1. The summed E-state index contributed by atoms with van der Waals surface area (Å²) in [6, 6.07) is 16.9. The Kier molecular flexibility index (Phi) is 6.53. The number of esters is 2. The average Bonchev–Trinajstić information content (AvgIpc) is 2.64. The minimum Gasteiger partial charge on any atom is -0.466 e. The van der Waals surface area contributed by atoms with Gasteiger partial charge in [0.1, 0.15) is 6.61 Å². The van der Waals surface area contributed by atoms with Crippen LogP contribution in [0.3, 0.4) is 0 Å². The predicted molar refractivity (Wildman–Crippen MR) is 92.8 cm³/mol. The van der Waals surface area contributed by atoms with E-state index < -0.39 is 11.9 Å². The molecule has 2 aromatic carbocycles. The lowest BCUT2D eigenvalue weighted by Crippen LogP contribution is -2.00. The van der Waals surface area contributed by atoms with E-state index >= 15 is 0 Å². The maximum Gasteiger partial charge on any atom is 0.331 e. The summed E-state index contributed by atoms with van der Waals surface area (Å²) in [6.07, 6.45) is 6.09. The van der Waals surface area contributed by atoms with Crippen LogP contribution in [0.5, 0.6) is 0 Å². The number of ether oxygens (including phenoxy) is 2. The molecule has 0 spiro atoms. The number of rotatable bonds is 6. The van der Waals surface area contributed by atoms with Gasteiger partial charge in [-0.25, -0.2) is 9.59 Å². The Morgan fingerprint density at radius 3 is 1.92 bits per heavy atom. The molecule has 0 saturated heterocycles. The largest absolute Gasteiger partial charge is 0.466 e. The molecule has 0 atom stereocenters. The highest BCUT2D eigenvalue weighted by molar-refractivity contribution is 5.88. The molecule has 4 heteroatoms. The fourth-order valence-corrected chi connectivity index (χ4v) is 1.89. The number of benzene rings is 2. The van der Waals surface area contributed by atoms with Crippen LogP contribution >= 0.6 is 0 Å². The molecule has 0 unspecified atom stereocenters. The highest BCUT2D eigenvalue weighted by atomic mass is 16.5. The van der Waals surface area contributed by atoms with Gasteiger partial charge < -0.3 is 9.47 Å². The van der Waals surface area contributed by atoms with E-state index in [-0.39, 0.29) is 6.61 Å². The fourth-order valence-electron chi connectivity index (χ4n) is 1.89. The molecular weight excluding hydrogens is 304 g/mol. The minimum atomic E-state index is -0.403. The molecule has 24 heavy (non-hydrogen) atoms. The van der Waals surface area contributed by atoms with Crippen LogP contribution in [0.25, 0.3) is 12.2 Å². The Bertz CT molecular complexity index is 728. The molecule has 0 heterocycles. The summed E-state index contributed by atoms with van der Waals surface area (Å²) in [5.41, 5.74) is 2.67. The van der Waals surface area contributed by atoms with Crippen LogP contribution < -0.4 is 0 Å². The Hall–Kier alpha value is -3.14. The number of hydrogen-bond acceptors (Lipinski definition) is 4. The Labute approximate surface area is 141 Å². The molecule has 4 nitrogen and oxygen atoms in total. The van der Waals surface area contributed by atoms with Crippen LogP contribution in [-0.2, 0) is 25.7 Å². The standard InChI is InChI=1S/C20H18O4/c1-23-19(21)13-11-16-7-9-17(10-8-16)12-14-20(22)24-15-18-5-3-2-4-6-18/h2-14H,15H2,1H3/b13-11+,14-12+. The second-order valence-electron chi connectivity index (χ2n) is 4.95. The Morgan fingerprint density at radius 2 is 1.38 bits per heavy atom. The van der Waals surface area contributed by atoms with Gasteiger partial charge in [-0.1, -0.05) is 54.6 Å². The third kappa shape index (κ3) is 5.93. The zero-order valence-corrected chi connectivity index (χ0v) is 13.3. The molecule has 122 valence electrons. The van der Waals surface area contributed by atoms with Gasteiger partial charge in [-0.05, 0) is 28.8 Å². The van der Waals surface area contributed by atoms with Crippen molar-refractivity contribution in [2.45, 2.75) is 6.61 Å². The van der Waals surface area contributed by atoms with Crippen molar-refractivity contribution in [2.75, 3.05) is 7.11 Å². The molecule has 0 amide bonds. The highest BCUT2D eigenvalue weighted by Crippen LogP contribution is 2.08. The van der Waals surface area contributed by atoms with E-state index in [0.29, 0.717) is 0 Å². The van der Waals surface area contributed by atoms with Crippen molar-refractivity contribution in [3.8, 4) is 0 Å². The van der Waals surface area contributed by atoms with Crippen LogP contribution in [0.2, 0.25) is 0 Å². The summed E-state index contributed by atoms with van der Waals surface area (Å²) in [6.45, 7) is 0.251. The van der Waals surface area contributed by atoms with Gasteiger partial charge in [-0.2, -0.15) is 0 Å². The maximum absolute atomic E-state index is 11.7. The average molecular weight is 322 g/mol. The summed E-state index contributed by atoms with van der Waals surface area (Å²) in [4.78, 5) is 22.7. The van der Waals surface area contributed by atoms with E-state index in [4.69, 9.17) is 4.74 Å². The van der Waals surface area contributed by atoms with Gasteiger partial charge in [0.05, 0.1) is 7.11 Å². The van der Waals surface area contributed by atoms with E-state index in [2.05, 4.69) is 4.74 Å². The summed E-state index contributed by atoms with van der Waals surface area (Å²) < 4.78 is 9.69. The molecule has 0 saturated carbocycles. The second-order valence-corrected chi connectivity index (χ2v) is 4.95. The van der Waals surface area contributed by atoms with Gasteiger partial charge in [0.15, 0.2) is 0 Å². The summed E-state index contributed by atoms with van der Waals surface area (Å²) in [5.74, 6) is -0.798. The molecule has 0 bridgehead atoms. The van der Waals surface area contributed by atoms with Crippen molar-refractivity contribution in [3.63, 3.8) is 0 Å². The lowest BCUT2D eigenvalue weighted by Gasteiger charge is -2.01. The first-order valence-electron chi connectivity index (χ1n) is 7.42. The van der Waals surface area contributed by atoms with Crippen LogP contribution in [0.1, 0.15) is 16.7 Å². The molecule has 0 fully saturated rings. The molecule has 0 aliphatic rings. The monoisotopic (exact) mass is 322 g/mol. The van der Waals surface area contributed by atoms with E-state index in [1.807, 2.05) is 54.6 Å². The lowest BCUT2D eigenvalue weighted by molar-refractivity contribution is -0.139. The van der Waals surface area contributed by atoms with E-state index in [1.165, 1.54) is 19.3 Å². The van der Waals surface area contributed by atoms with E-state index in [9.17, 15) is 9.59 Å². The van der Waals surface area contributed by atoms with Crippen LogP contribution in [-0.4, -0.2) is 19.0 Å². The predicted octanol–water partition coefficient (Wildman–Crippen LogP) is 3.63. The van der Waals surface area contributed by atoms with E-state index in [1.54, 1.807) is 12.2 Å². The molecule has 2 rings (SSSR count). The van der Waals surface area contributed by atoms with Crippen molar-refractivity contribution in [1.82, 2.24) is 0 Å². The smallest absolute Gasteiger partial charge is 0.331 e. The first-order chi connectivity index (χ1) is 11.7. The topological polar surface area (TPSA) is 52.6 Å². The Morgan fingerprint density at radius 1 is 0.833 bits per heavy atom. The van der Waals surface area contributed by atoms with Gasteiger partial charge in [-0.15, -0.1) is 0 Å². The first-order valence-corrected chi connectivity index (χ1v) is 7.42. The van der Waals surface area contributed by atoms with E-state index in [0.717, 1.165) is 16.7 Å². The Balaban J connectivity index is 1.86. The number of carbonyl (C=O) groups excluding carboxylic acids is 2. The number of carbonyl (C=O) groups is 2. The highest BCUT2D eigenvalue weighted by Gasteiger charge is 1.98. The van der Waals surface area contributed by atoms with Crippen LogP contribution in [0.15, 0.2) is 66.7 Å². The quantitative estimate of drug-likeness (QED) is 0.602. The fraction of sp³-hybridized carbons (Fsp3) is 0.100. The second kappa shape index (κ2) is 9.10. The third-order valence-corrected chi connectivity index (χ3v) is 3.19. The zero-order valence-electron chi connectivity index (χ0n) is 13.3. The minimum absolute atomic E-state index is 0.251. The summed E-state index contributed by atoms with van der Waals surface area (Å²) in [5, 5.41) is 0. The molecular formula is C20H18O4. The molecule has 0 aromatic heterocycles. The molecule has 0 aliphatic heterocycles. The first kappa shape index (κ1) is 17.2. The normalized spacial score (nSPS) is 10.9. The molecule has 0 radical (unpaired) electrons. The van der Waals surface area contributed by atoms with Gasteiger partial charge in [0.25, 0.3) is 0 Å². The van der Waals surface area contributed by atoms with Crippen molar-refractivity contribution in [2.24, 2.45) is 0 Å². The molecule has 0 aliphatic carbocycles. The van der Waals surface area contributed by atoms with Crippen LogP contribution in [0.4, 0.5) is 0 Å². The molecule has 0 N–H and O–H groups in total. The zero-order chi connectivity index (χ0) is 17.2. The van der Waals surface area contributed by atoms with Crippen molar-refractivity contribution in [3.05, 3.63) is 83.4 Å². The van der Waals surface area contributed by atoms with Gasteiger partial charge in [0.2, 0.25) is 0 Å². The van der Waals surface area contributed by atoms with Gasteiger partial charge in [0, 0.05) is 12.2 Å². The number of hydrogen-bond donors (Lipinski definition) is 0. The van der Waals surface area contributed by atoms with Gasteiger partial charge >= 0.3 is 11.9 Å². The van der Waals surface area contributed by atoms with Crippen molar-refractivity contribution in [1.29, 1.82) is 0 Å². The molecule has 2 aromatic rings. The maximum atomic E-state index is 11.7. The van der Waals surface area contributed by atoms with Crippen molar-refractivity contribution >= 4 is 24.1 Å². The number of methoxy groups -OCH3 is 1. The SMILES string of the molecule is COC(=O)/C=C/c1ccc(/C=C/C(=O)OCc2ccccc2)cc1. The third-order valence-electron chi connectivity index (χ3n) is 3.19. The van der Waals surface area contributed by atoms with Crippen molar-refractivity contribution < 1.29 is 19.1 Å².